The highest BCUT2D eigenvalue weighted by molar-refractivity contribution is 5.94. The molecule has 128 valence electrons. The summed E-state index contributed by atoms with van der Waals surface area (Å²) in [6, 6.07) is 25.5. The summed E-state index contributed by atoms with van der Waals surface area (Å²) in [5.74, 6) is -0.0802. The molecule has 26 heavy (non-hydrogen) atoms. The standard InChI is InChI=1S/C22H19N3O/c1-16(17-7-3-2-4-8-17)24-22(26)18-11-13-19(14-12-18)25-15-23-20-9-5-6-10-21(20)25/h2-16H,1H3,(H,24,26). The number of hydrogen-bond donors (Lipinski definition) is 1. The molecule has 1 unspecified atom stereocenters. The third-order valence-corrected chi connectivity index (χ3v) is 4.51. The van der Waals surface area contributed by atoms with Gasteiger partial charge in [-0.2, -0.15) is 0 Å². The van der Waals surface area contributed by atoms with Gasteiger partial charge >= 0.3 is 0 Å². The van der Waals surface area contributed by atoms with Crippen molar-refractivity contribution in [3.05, 3.63) is 96.3 Å². The van der Waals surface area contributed by atoms with E-state index in [-0.39, 0.29) is 11.9 Å². The van der Waals surface area contributed by atoms with Crippen molar-refractivity contribution < 1.29 is 4.79 Å². The van der Waals surface area contributed by atoms with Gasteiger partial charge in [-0.15, -0.1) is 0 Å². The minimum atomic E-state index is -0.0802. The number of fused-ring (bicyclic) bond motifs is 1. The number of nitrogens with zero attached hydrogens (tertiary/aromatic N) is 2. The molecular weight excluding hydrogens is 322 g/mol. The summed E-state index contributed by atoms with van der Waals surface area (Å²) in [5.41, 5.74) is 4.70. The van der Waals surface area contributed by atoms with Gasteiger partial charge in [-0.3, -0.25) is 9.36 Å². The van der Waals surface area contributed by atoms with Crippen molar-refractivity contribution in [2.45, 2.75) is 13.0 Å². The summed E-state index contributed by atoms with van der Waals surface area (Å²) in [7, 11) is 0. The molecule has 1 heterocycles. The molecular formula is C22H19N3O. The first-order valence-electron chi connectivity index (χ1n) is 8.61. The Kier molecular flexibility index (Phi) is 4.23. The SMILES string of the molecule is CC(NC(=O)c1ccc(-n2cnc3ccccc32)cc1)c1ccccc1. The van der Waals surface area contributed by atoms with E-state index in [0.29, 0.717) is 5.56 Å². The molecule has 4 aromatic rings. The fraction of sp³-hybridized carbons (Fsp3) is 0.0909. The first-order chi connectivity index (χ1) is 12.7. The number of rotatable bonds is 4. The predicted molar refractivity (Wildman–Crippen MR) is 103 cm³/mol. The van der Waals surface area contributed by atoms with Crippen molar-refractivity contribution in [1.29, 1.82) is 0 Å². The summed E-state index contributed by atoms with van der Waals surface area (Å²) in [6.07, 6.45) is 1.80. The van der Waals surface area contributed by atoms with Crippen LogP contribution in [0.5, 0.6) is 0 Å². The molecule has 1 aromatic heterocycles. The van der Waals surface area contributed by atoms with Crippen LogP contribution in [0.2, 0.25) is 0 Å². The summed E-state index contributed by atoms with van der Waals surface area (Å²) >= 11 is 0. The molecule has 3 aromatic carbocycles. The second-order valence-electron chi connectivity index (χ2n) is 6.26. The van der Waals surface area contributed by atoms with Crippen LogP contribution < -0.4 is 5.32 Å². The molecule has 4 nitrogen and oxygen atoms in total. The van der Waals surface area contributed by atoms with Crippen molar-refractivity contribution in [1.82, 2.24) is 14.9 Å². The highest BCUT2D eigenvalue weighted by Crippen LogP contribution is 2.19. The fourth-order valence-corrected chi connectivity index (χ4v) is 3.04. The van der Waals surface area contributed by atoms with E-state index in [1.54, 1.807) is 6.33 Å². The maximum atomic E-state index is 12.5. The number of carbonyl (C=O) groups excluding carboxylic acids is 1. The monoisotopic (exact) mass is 341 g/mol. The van der Waals surface area contributed by atoms with Crippen molar-refractivity contribution in [3.8, 4) is 5.69 Å². The molecule has 0 saturated heterocycles. The zero-order valence-corrected chi connectivity index (χ0v) is 14.5. The minimum Gasteiger partial charge on any atom is -0.346 e. The Morgan fingerprint density at radius 1 is 0.923 bits per heavy atom. The lowest BCUT2D eigenvalue weighted by atomic mass is 10.1. The molecule has 1 atom stereocenters. The molecule has 0 radical (unpaired) electrons. The topological polar surface area (TPSA) is 46.9 Å². The molecule has 0 spiro atoms. The van der Waals surface area contributed by atoms with Crippen LogP contribution in [-0.2, 0) is 0 Å². The van der Waals surface area contributed by atoms with Gasteiger partial charge in [0.15, 0.2) is 0 Å². The Hall–Kier alpha value is -3.40. The molecule has 4 heteroatoms. The highest BCUT2D eigenvalue weighted by Gasteiger charge is 2.11. The normalized spacial score (nSPS) is 12.0. The molecule has 0 aliphatic rings. The maximum Gasteiger partial charge on any atom is 0.251 e. The van der Waals surface area contributed by atoms with Crippen LogP contribution in [0.25, 0.3) is 16.7 Å². The lowest BCUT2D eigenvalue weighted by Crippen LogP contribution is -2.26. The average molecular weight is 341 g/mol. The Bertz CT molecular complexity index is 1040. The second kappa shape index (κ2) is 6.84. The third-order valence-electron chi connectivity index (χ3n) is 4.51. The van der Waals surface area contributed by atoms with Gasteiger partial charge in [0.2, 0.25) is 0 Å². The quantitative estimate of drug-likeness (QED) is 0.593. The molecule has 1 N–H and O–H groups in total. The van der Waals surface area contributed by atoms with Crippen LogP contribution in [0.3, 0.4) is 0 Å². The molecule has 0 aliphatic carbocycles. The molecule has 0 saturated carbocycles. The number of carbonyl (C=O) groups is 1. The van der Waals surface area contributed by atoms with Gasteiger partial charge in [-0.25, -0.2) is 4.98 Å². The Morgan fingerprint density at radius 2 is 1.62 bits per heavy atom. The molecule has 1 amide bonds. The van der Waals surface area contributed by atoms with E-state index < -0.39 is 0 Å². The van der Waals surface area contributed by atoms with Gasteiger partial charge in [0.1, 0.15) is 6.33 Å². The fourth-order valence-electron chi connectivity index (χ4n) is 3.04. The van der Waals surface area contributed by atoms with Crippen molar-refractivity contribution >= 4 is 16.9 Å². The van der Waals surface area contributed by atoms with E-state index in [9.17, 15) is 4.79 Å². The molecule has 0 fully saturated rings. The Balaban J connectivity index is 1.53. The highest BCUT2D eigenvalue weighted by atomic mass is 16.1. The number of benzene rings is 3. The third kappa shape index (κ3) is 3.09. The first kappa shape index (κ1) is 16.1. The van der Waals surface area contributed by atoms with Crippen LogP contribution in [0.1, 0.15) is 28.9 Å². The van der Waals surface area contributed by atoms with Gasteiger partial charge in [0.25, 0.3) is 5.91 Å². The largest absolute Gasteiger partial charge is 0.346 e. The van der Waals surface area contributed by atoms with E-state index in [1.807, 2.05) is 90.4 Å². The summed E-state index contributed by atoms with van der Waals surface area (Å²) in [6.45, 7) is 1.99. The number of aromatic nitrogens is 2. The van der Waals surface area contributed by atoms with E-state index in [0.717, 1.165) is 22.3 Å². The van der Waals surface area contributed by atoms with Crippen LogP contribution in [0, 0.1) is 0 Å². The van der Waals surface area contributed by atoms with Gasteiger partial charge < -0.3 is 5.32 Å². The van der Waals surface area contributed by atoms with Gasteiger partial charge in [0.05, 0.1) is 17.1 Å². The van der Waals surface area contributed by atoms with E-state index in [4.69, 9.17) is 0 Å². The lowest BCUT2D eigenvalue weighted by molar-refractivity contribution is 0.0940. The van der Waals surface area contributed by atoms with Crippen LogP contribution in [0.4, 0.5) is 0 Å². The van der Waals surface area contributed by atoms with Crippen LogP contribution in [0.15, 0.2) is 85.2 Å². The smallest absolute Gasteiger partial charge is 0.251 e. The zero-order valence-electron chi connectivity index (χ0n) is 14.5. The van der Waals surface area contributed by atoms with E-state index in [1.165, 1.54) is 0 Å². The van der Waals surface area contributed by atoms with E-state index >= 15 is 0 Å². The Morgan fingerprint density at radius 3 is 2.38 bits per heavy atom. The second-order valence-corrected chi connectivity index (χ2v) is 6.26. The molecule has 0 bridgehead atoms. The summed E-state index contributed by atoms with van der Waals surface area (Å²) < 4.78 is 2.02. The average Bonchev–Trinajstić information content (AvgIpc) is 3.13. The number of imidazole rings is 1. The van der Waals surface area contributed by atoms with Crippen molar-refractivity contribution in [2.75, 3.05) is 0 Å². The predicted octanol–water partition coefficient (Wildman–Crippen LogP) is 4.52. The molecule has 4 rings (SSSR count). The van der Waals surface area contributed by atoms with E-state index in [2.05, 4.69) is 10.3 Å². The number of hydrogen-bond acceptors (Lipinski definition) is 2. The number of nitrogens with one attached hydrogen (secondary N) is 1. The lowest BCUT2D eigenvalue weighted by Gasteiger charge is -2.14. The number of para-hydroxylation sites is 2. The zero-order chi connectivity index (χ0) is 17.9. The number of amides is 1. The minimum absolute atomic E-state index is 0.0408. The van der Waals surface area contributed by atoms with Crippen LogP contribution >= 0.6 is 0 Å². The van der Waals surface area contributed by atoms with Crippen molar-refractivity contribution in [3.63, 3.8) is 0 Å². The van der Waals surface area contributed by atoms with Gasteiger partial charge in [-0.05, 0) is 48.9 Å². The van der Waals surface area contributed by atoms with Crippen LogP contribution in [-0.4, -0.2) is 15.5 Å². The maximum absolute atomic E-state index is 12.5. The first-order valence-corrected chi connectivity index (χ1v) is 8.61. The summed E-state index contributed by atoms with van der Waals surface area (Å²) in [5, 5.41) is 3.04. The molecule has 0 aliphatic heterocycles. The van der Waals surface area contributed by atoms with Gasteiger partial charge in [0, 0.05) is 11.3 Å². The van der Waals surface area contributed by atoms with Gasteiger partial charge in [-0.1, -0.05) is 42.5 Å². The Labute approximate surface area is 152 Å². The van der Waals surface area contributed by atoms with Crippen molar-refractivity contribution in [2.24, 2.45) is 0 Å². The summed E-state index contributed by atoms with van der Waals surface area (Å²) in [4.78, 5) is 16.9.